The Morgan fingerprint density at radius 2 is 2.12 bits per heavy atom. The summed E-state index contributed by atoms with van der Waals surface area (Å²) in [4.78, 5) is 1.43. The zero-order valence-corrected chi connectivity index (χ0v) is 13.2. The van der Waals surface area contributed by atoms with E-state index in [2.05, 4.69) is 50.2 Å². The Kier molecular flexibility index (Phi) is 4.39. The van der Waals surface area contributed by atoms with E-state index in [-0.39, 0.29) is 10.6 Å². The van der Waals surface area contributed by atoms with Crippen molar-refractivity contribution < 1.29 is 4.39 Å². The van der Waals surface area contributed by atoms with E-state index in [1.165, 1.54) is 16.5 Å². The fourth-order valence-electron chi connectivity index (χ4n) is 1.68. The van der Waals surface area contributed by atoms with Crippen LogP contribution < -0.4 is 0 Å². The third kappa shape index (κ3) is 2.80. The SMILES string of the molecule is CCc1ccsc1C(Br)c1ccc(F)c(Br)c1. The van der Waals surface area contributed by atoms with E-state index in [1.54, 1.807) is 11.3 Å². The van der Waals surface area contributed by atoms with Crippen LogP contribution in [0.2, 0.25) is 0 Å². The maximum absolute atomic E-state index is 13.2. The molecule has 0 bridgehead atoms. The van der Waals surface area contributed by atoms with Crippen molar-refractivity contribution >= 4 is 43.2 Å². The lowest BCUT2D eigenvalue weighted by atomic mass is 10.1. The lowest BCUT2D eigenvalue weighted by molar-refractivity contribution is 0.620. The highest BCUT2D eigenvalue weighted by atomic mass is 79.9. The van der Waals surface area contributed by atoms with Crippen LogP contribution in [-0.4, -0.2) is 0 Å². The van der Waals surface area contributed by atoms with Gasteiger partial charge in [0.25, 0.3) is 0 Å². The van der Waals surface area contributed by atoms with Crippen molar-refractivity contribution in [1.82, 2.24) is 0 Å². The highest BCUT2D eigenvalue weighted by Crippen LogP contribution is 2.37. The average molecular weight is 378 g/mol. The number of benzene rings is 1. The fourth-order valence-corrected chi connectivity index (χ4v) is 3.98. The molecule has 1 unspecified atom stereocenters. The lowest BCUT2D eigenvalue weighted by Gasteiger charge is -2.11. The van der Waals surface area contributed by atoms with Gasteiger partial charge in [-0.15, -0.1) is 11.3 Å². The zero-order valence-electron chi connectivity index (χ0n) is 9.21. The quantitative estimate of drug-likeness (QED) is 0.602. The molecule has 0 saturated heterocycles. The molecular weight excluding hydrogens is 367 g/mol. The minimum Gasteiger partial charge on any atom is -0.206 e. The van der Waals surface area contributed by atoms with E-state index in [9.17, 15) is 4.39 Å². The second-order valence-electron chi connectivity index (χ2n) is 3.70. The van der Waals surface area contributed by atoms with E-state index in [0.717, 1.165) is 12.0 Å². The summed E-state index contributed by atoms with van der Waals surface area (Å²) in [5, 5.41) is 2.10. The van der Waals surface area contributed by atoms with Gasteiger partial charge in [0.1, 0.15) is 5.82 Å². The molecule has 17 heavy (non-hydrogen) atoms. The smallest absolute Gasteiger partial charge is 0.137 e. The molecule has 90 valence electrons. The number of rotatable bonds is 3. The summed E-state index contributed by atoms with van der Waals surface area (Å²) in [6, 6.07) is 7.28. The van der Waals surface area contributed by atoms with Crippen LogP contribution in [-0.2, 0) is 6.42 Å². The van der Waals surface area contributed by atoms with Crippen molar-refractivity contribution in [1.29, 1.82) is 0 Å². The van der Waals surface area contributed by atoms with Gasteiger partial charge in [0.05, 0.1) is 9.30 Å². The largest absolute Gasteiger partial charge is 0.206 e. The first kappa shape index (κ1) is 13.2. The third-order valence-electron chi connectivity index (χ3n) is 2.63. The first-order valence-electron chi connectivity index (χ1n) is 5.28. The molecule has 0 spiro atoms. The van der Waals surface area contributed by atoms with Gasteiger partial charge in [0.2, 0.25) is 0 Å². The average Bonchev–Trinajstić information content (AvgIpc) is 2.80. The number of aryl methyl sites for hydroxylation is 1. The first-order chi connectivity index (χ1) is 8.13. The molecule has 0 nitrogen and oxygen atoms in total. The van der Waals surface area contributed by atoms with Gasteiger partial charge in [-0.3, -0.25) is 0 Å². The first-order valence-corrected chi connectivity index (χ1v) is 7.87. The van der Waals surface area contributed by atoms with Crippen LogP contribution >= 0.6 is 43.2 Å². The zero-order chi connectivity index (χ0) is 12.4. The van der Waals surface area contributed by atoms with Crippen molar-refractivity contribution in [2.45, 2.75) is 18.2 Å². The molecule has 0 radical (unpaired) electrons. The molecule has 1 aromatic carbocycles. The topological polar surface area (TPSA) is 0 Å². The maximum Gasteiger partial charge on any atom is 0.137 e. The van der Waals surface area contributed by atoms with Crippen LogP contribution in [0.4, 0.5) is 4.39 Å². The highest BCUT2D eigenvalue weighted by molar-refractivity contribution is 9.10. The van der Waals surface area contributed by atoms with Gasteiger partial charge in [0.15, 0.2) is 0 Å². The Hall–Kier alpha value is -0.190. The van der Waals surface area contributed by atoms with Gasteiger partial charge >= 0.3 is 0 Å². The summed E-state index contributed by atoms with van der Waals surface area (Å²) >= 11 is 8.64. The second-order valence-corrected chi connectivity index (χ2v) is 6.42. The number of alkyl halides is 1. The van der Waals surface area contributed by atoms with Gasteiger partial charge in [0, 0.05) is 4.88 Å². The molecule has 0 aliphatic rings. The summed E-state index contributed by atoms with van der Waals surface area (Å²) in [6.45, 7) is 2.14. The molecule has 1 atom stereocenters. The molecule has 4 heteroatoms. The standard InChI is InChI=1S/C13H11Br2FS/c1-2-8-5-6-17-13(8)12(15)9-3-4-11(16)10(14)7-9/h3-7,12H,2H2,1H3. The van der Waals surface area contributed by atoms with Gasteiger partial charge < -0.3 is 0 Å². The Balaban J connectivity index is 2.36. The Labute approximate surface area is 121 Å². The van der Waals surface area contributed by atoms with E-state index in [4.69, 9.17) is 0 Å². The summed E-state index contributed by atoms with van der Waals surface area (Å²) in [6.07, 6.45) is 1.02. The predicted molar refractivity (Wildman–Crippen MR) is 78.6 cm³/mol. The summed E-state index contributed by atoms with van der Waals surface area (Å²) in [5.74, 6) is -0.227. The van der Waals surface area contributed by atoms with Crippen molar-refractivity contribution in [2.75, 3.05) is 0 Å². The molecule has 1 heterocycles. The van der Waals surface area contributed by atoms with E-state index >= 15 is 0 Å². The Bertz CT molecular complexity index is 522. The summed E-state index contributed by atoms with van der Waals surface area (Å²) in [7, 11) is 0. The van der Waals surface area contributed by atoms with Crippen LogP contribution in [0, 0.1) is 5.82 Å². The molecule has 2 aromatic rings. The van der Waals surface area contributed by atoms with Crippen LogP contribution in [0.15, 0.2) is 34.1 Å². The molecule has 0 amide bonds. The number of hydrogen-bond acceptors (Lipinski definition) is 1. The van der Waals surface area contributed by atoms with Gasteiger partial charge in [-0.05, 0) is 57.1 Å². The van der Waals surface area contributed by atoms with Crippen LogP contribution in [0.25, 0.3) is 0 Å². The van der Waals surface area contributed by atoms with E-state index in [1.807, 2.05) is 12.1 Å². The van der Waals surface area contributed by atoms with E-state index in [0.29, 0.717) is 4.47 Å². The van der Waals surface area contributed by atoms with Gasteiger partial charge in [-0.2, -0.15) is 0 Å². The predicted octanol–water partition coefficient (Wildman–Crippen LogP) is 5.70. The van der Waals surface area contributed by atoms with Gasteiger partial charge in [-0.1, -0.05) is 28.9 Å². The Morgan fingerprint density at radius 3 is 2.76 bits per heavy atom. The maximum atomic E-state index is 13.2. The molecule has 0 fully saturated rings. The van der Waals surface area contributed by atoms with Crippen LogP contribution in [0.3, 0.4) is 0 Å². The minimum atomic E-state index is -0.227. The summed E-state index contributed by atoms with van der Waals surface area (Å²) in [5.41, 5.74) is 2.41. The molecule has 2 rings (SSSR count). The number of halogens is 3. The molecule has 0 saturated carbocycles. The fraction of sp³-hybridized carbons (Fsp3) is 0.231. The Morgan fingerprint density at radius 1 is 1.35 bits per heavy atom. The molecule has 0 aliphatic carbocycles. The van der Waals surface area contributed by atoms with Crippen molar-refractivity contribution in [2.24, 2.45) is 0 Å². The molecule has 1 aromatic heterocycles. The molecule has 0 N–H and O–H groups in total. The molecular formula is C13H11Br2FS. The minimum absolute atomic E-state index is 0.134. The van der Waals surface area contributed by atoms with Crippen LogP contribution in [0.5, 0.6) is 0 Å². The van der Waals surface area contributed by atoms with Crippen LogP contribution in [0.1, 0.15) is 27.8 Å². The van der Waals surface area contributed by atoms with Crippen molar-refractivity contribution in [3.63, 3.8) is 0 Å². The third-order valence-corrected chi connectivity index (χ3v) is 5.55. The van der Waals surface area contributed by atoms with Crippen molar-refractivity contribution in [3.05, 3.63) is 55.9 Å². The summed E-state index contributed by atoms with van der Waals surface area (Å²) < 4.78 is 13.7. The normalized spacial score (nSPS) is 12.7. The second kappa shape index (κ2) is 5.63. The van der Waals surface area contributed by atoms with Crippen molar-refractivity contribution in [3.8, 4) is 0 Å². The van der Waals surface area contributed by atoms with E-state index < -0.39 is 0 Å². The molecule has 0 aliphatic heterocycles. The number of hydrogen-bond donors (Lipinski definition) is 0. The van der Waals surface area contributed by atoms with Gasteiger partial charge in [-0.25, -0.2) is 4.39 Å². The monoisotopic (exact) mass is 376 g/mol. The highest BCUT2D eigenvalue weighted by Gasteiger charge is 2.16. The lowest BCUT2D eigenvalue weighted by Crippen LogP contribution is -1.94. The number of thiophene rings is 1.